The van der Waals surface area contributed by atoms with Crippen molar-refractivity contribution in [3.63, 3.8) is 0 Å². The zero-order valence-corrected chi connectivity index (χ0v) is 9.70. The van der Waals surface area contributed by atoms with Crippen LogP contribution >= 0.6 is 0 Å². The molecule has 0 spiro atoms. The molecular weight excluding hydrogens is 182 g/mol. The van der Waals surface area contributed by atoms with E-state index in [1.165, 1.54) is 11.1 Å². The van der Waals surface area contributed by atoms with Gasteiger partial charge in [-0.15, -0.1) is 0 Å². The van der Waals surface area contributed by atoms with Crippen molar-refractivity contribution in [3.05, 3.63) is 59.8 Å². The van der Waals surface area contributed by atoms with Crippen LogP contribution in [0.2, 0.25) is 0 Å². The summed E-state index contributed by atoms with van der Waals surface area (Å²) in [4.78, 5) is 0. The third-order valence-corrected chi connectivity index (χ3v) is 2.19. The van der Waals surface area contributed by atoms with E-state index in [4.69, 9.17) is 0 Å². The predicted octanol–water partition coefficient (Wildman–Crippen LogP) is 3.74. The molecule has 1 aromatic rings. The molecule has 1 heterocycles. The van der Waals surface area contributed by atoms with Gasteiger partial charge in [0.2, 0.25) is 0 Å². The standard InChI is InChI=1S/C12H13N.C2H6/c1-10-5-4-6-11(9-10)12-7-2-3-8-13-12;1-2/h2-9,12-13H,1H3;1-2H3. The molecule has 80 valence electrons. The maximum atomic E-state index is 3.30. The first-order chi connectivity index (χ1) is 7.36. The van der Waals surface area contributed by atoms with Gasteiger partial charge in [0.1, 0.15) is 0 Å². The Kier molecular flexibility index (Phi) is 4.69. The average Bonchev–Trinajstić information content (AvgIpc) is 2.33. The quantitative estimate of drug-likeness (QED) is 0.730. The largest absolute Gasteiger partial charge is 0.381 e. The molecule has 1 nitrogen and oxygen atoms in total. The highest BCUT2D eigenvalue weighted by atomic mass is 14.9. The summed E-state index contributed by atoms with van der Waals surface area (Å²) in [5.74, 6) is 0. The number of allylic oxidation sites excluding steroid dienone is 2. The first-order valence-electron chi connectivity index (χ1n) is 5.52. The Bertz CT molecular complexity index is 350. The van der Waals surface area contributed by atoms with Crippen LogP contribution in [-0.4, -0.2) is 0 Å². The highest BCUT2D eigenvalue weighted by molar-refractivity contribution is 5.30. The number of aryl methyl sites for hydroxylation is 1. The van der Waals surface area contributed by atoms with Crippen LogP contribution in [0.5, 0.6) is 0 Å². The maximum absolute atomic E-state index is 3.30. The van der Waals surface area contributed by atoms with Gasteiger partial charge in [-0.1, -0.05) is 55.8 Å². The van der Waals surface area contributed by atoms with Crippen LogP contribution < -0.4 is 5.32 Å². The van der Waals surface area contributed by atoms with Crippen molar-refractivity contribution in [2.45, 2.75) is 26.8 Å². The molecule has 0 amide bonds. The average molecular weight is 201 g/mol. The molecule has 1 aromatic carbocycles. The topological polar surface area (TPSA) is 12.0 Å². The molecule has 1 aliphatic rings. The molecule has 1 aliphatic heterocycles. The maximum Gasteiger partial charge on any atom is 0.0695 e. The summed E-state index contributed by atoms with van der Waals surface area (Å²) < 4.78 is 0. The molecule has 0 radical (unpaired) electrons. The van der Waals surface area contributed by atoms with Gasteiger partial charge in [-0.05, 0) is 24.8 Å². The molecule has 1 atom stereocenters. The van der Waals surface area contributed by atoms with Crippen molar-refractivity contribution < 1.29 is 0 Å². The molecule has 0 saturated carbocycles. The third-order valence-electron chi connectivity index (χ3n) is 2.19. The molecule has 0 aromatic heterocycles. The predicted molar refractivity (Wildman–Crippen MR) is 66.7 cm³/mol. The first kappa shape index (κ1) is 11.6. The Labute approximate surface area is 92.5 Å². The Morgan fingerprint density at radius 2 is 1.93 bits per heavy atom. The number of rotatable bonds is 1. The van der Waals surface area contributed by atoms with Gasteiger partial charge in [0.25, 0.3) is 0 Å². The summed E-state index contributed by atoms with van der Waals surface area (Å²) >= 11 is 0. The fraction of sp³-hybridized carbons (Fsp3) is 0.286. The molecule has 0 bridgehead atoms. The Balaban J connectivity index is 0.000000531. The lowest BCUT2D eigenvalue weighted by Crippen LogP contribution is -2.14. The van der Waals surface area contributed by atoms with Crippen LogP contribution in [0.1, 0.15) is 31.0 Å². The number of dihydropyridines is 1. The zero-order valence-electron chi connectivity index (χ0n) is 9.70. The van der Waals surface area contributed by atoms with E-state index in [1.54, 1.807) is 0 Å². The summed E-state index contributed by atoms with van der Waals surface area (Å²) in [6, 6.07) is 8.91. The molecule has 2 rings (SSSR count). The molecule has 1 unspecified atom stereocenters. The van der Waals surface area contributed by atoms with E-state index in [9.17, 15) is 0 Å². The van der Waals surface area contributed by atoms with Crippen LogP contribution in [0, 0.1) is 6.92 Å². The molecular formula is C14H19N. The van der Waals surface area contributed by atoms with E-state index >= 15 is 0 Å². The third kappa shape index (κ3) is 3.28. The minimum absolute atomic E-state index is 0.338. The van der Waals surface area contributed by atoms with Crippen molar-refractivity contribution in [1.82, 2.24) is 5.32 Å². The van der Waals surface area contributed by atoms with Crippen LogP contribution in [-0.2, 0) is 0 Å². The SMILES string of the molecule is CC.Cc1cccc(C2C=CC=CN2)c1. The monoisotopic (exact) mass is 201 g/mol. The van der Waals surface area contributed by atoms with Crippen molar-refractivity contribution in [2.75, 3.05) is 0 Å². The molecule has 1 N–H and O–H groups in total. The number of nitrogens with one attached hydrogen (secondary N) is 1. The second kappa shape index (κ2) is 6.07. The Hall–Kier alpha value is -1.50. The van der Waals surface area contributed by atoms with Gasteiger partial charge >= 0.3 is 0 Å². The lowest BCUT2D eigenvalue weighted by atomic mass is 10.0. The highest BCUT2D eigenvalue weighted by Gasteiger charge is 2.06. The zero-order chi connectivity index (χ0) is 11.1. The summed E-state index contributed by atoms with van der Waals surface area (Å²) in [5, 5.41) is 3.30. The van der Waals surface area contributed by atoms with Crippen molar-refractivity contribution >= 4 is 0 Å². The van der Waals surface area contributed by atoms with Gasteiger partial charge in [0, 0.05) is 0 Å². The van der Waals surface area contributed by atoms with E-state index in [0.717, 1.165) is 0 Å². The van der Waals surface area contributed by atoms with Crippen LogP contribution in [0.3, 0.4) is 0 Å². The van der Waals surface area contributed by atoms with E-state index < -0.39 is 0 Å². The number of hydrogen-bond acceptors (Lipinski definition) is 1. The van der Waals surface area contributed by atoms with Gasteiger partial charge < -0.3 is 5.32 Å². The Morgan fingerprint density at radius 1 is 1.13 bits per heavy atom. The summed E-state index contributed by atoms with van der Waals surface area (Å²) in [5.41, 5.74) is 2.63. The normalized spacial score (nSPS) is 17.7. The minimum atomic E-state index is 0.338. The molecule has 0 fully saturated rings. The summed E-state index contributed by atoms with van der Waals surface area (Å²) in [6.45, 7) is 6.12. The van der Waals surface area contributed by atoms with Gasteiger partial charge in [-0.2, -0.15) is 0 Å². The van der Waals surface area contributed by atoms with Crippen LogP contribution in [0.25, 0.3) is 0 Å². The fourth-order valence-corrected chi connectivity index (χ4v) is 1.52. The van der Waals surface area contributed by atoms with E-state index in [-0.39, 0.29) is 0 Å². The summed E-state index contributed by atoms with van der Waals surface area (Å²) in [6.07, 6.45) is 8.22. The fourth-order valence-electron chi connectivity index (χ4n) is 1.52. The van der Waals surface area contributed by atoms with Crippen LogP contribution in [0.4, 0.5) is 0 Å². The van der Waals surface area contributed by atoms with Crippen molar-refractivity contribution in [1.29, 1.82) is 0 Å². The van der Waals surface area contributed by atoms with Gasteiger partial charge in [0.15, 0.2) is 0 Å². The van der Waals surface area contributed by atoms with Gasteiger partial charge in [-0.3, -0.25) is 0 Å². The smallest absolute Gasteiger partial charge is 0.0695 e. The molecule has 1 heteroatoms. The summed E-state index contributed by atoms with van der Waals surface area (Å²) in [7, 11) is 0. The molecule has 0 saturated heterocycles. The van der Waals surface area contributed by atoms with E-state index in [1.807, 2.05) is 26.1 Å². The minimum Gasteiger partial charge on any atom is -0.381 e. The lowest BCUT2D eigenvalue weighted by Gasteiger charge is -2.16. The number of hydrogen-bond donors (Lipinski definition) is 1. The first-order valence-corrected chi connectivity index (χ1v) is 5.52. The van der Waals surface area contributed by atoms with E-state index in [0.29, 0.717) is 6.04 Å². The second-order valence-electron chi connectivity index (χ2n) is 3.30. The van der Waals surface area contributed by atoms with Gasteiger partial charge in [0.05, 0.1) is 6.04 Å². The highest BCUT2D eigenvalue weighted by Crippen LogP contribution is 2.17. The Morgan fingerprint density at radius 3 is 2.53 bits per heavy atom. The van der Waals surface area contributed by atoms with Crippen molar-refractivity contribution in [2.24, 2.45) is 0 Å². The van der Waals surface area contributed by atoms with Crippen molar-refractivity contribution in [3.8, 4) is 0 Å². The van der Waals surface area contributed by atoms with E-state index in [2.05, 4.69) is 48.7 Å². The number of benzene rings is 1. The molecule has 15 heavy (non-hydrogen) atoms. The molecule has 0 aliphatic carbocycles. The second-order valence-corrected chi connectivity index (χ2v) is 3.30. The lowest BCUT2D eigenvalue weighted by molar-refractivity contribution is 0.746. The van der Waals surface area contributed by atoms with Crippen LogP contribution in [0.15, 0.2) is 48.7 Å². The van der Waals surface area contributed by atoms with Gasteiger partial charge in [-0.25, -0.2) is 0 Å².